The van der Waals surface area contributed by atoms with Gasteiger partial charge in [0.25, 0.3) is 0 Å². The number of nitriles is 1. The van der Waals surface area contributed by atoms with Gasteiger partial charge in [-0.15, -0.1) is 0 Å². The average Bonchev–Trinajstić information content (AvgIpc) is 2.74. The first-order valence-electron chi connectivity index (χ1n) is 8.55. The molecule has 136 valence electrons. The van der Waals surface area contributed by atoms with E-state index in [2.05, 4.69) is 4.98 Å². The molecule has 0 aliphatic rings. The zero-order valence-electron chi connectivity index (χ0n) is 14.8. The van der Waals surface area contributed by atoms with Gasteiger partial charge in [-0.3, -0.25) is 4.98 Å². The third-order valence-corrected chi connectivity index (χ3v) is 4.11. The summed E-state index contributed by atoms with van der Waals surface area (Å²) < 4.78 is 13.0. The molecule has 4 nitrogen and oxygen atoms in total. The highest BCUT2D eigenvalue weighted by molar-refractivity contribution is 6.78. The molecule has 0 spiro atoms. The molecular weight excluding hydrogens is 354 g/mol. The summed E-state index contributed by atoms with van der Waals surface area (Å²) in [6, 6.07) is 23.6. The lowest BCUT2D eigenvalue weighted by atomic mass is 9.56. The predicted molar refractivity (Wildman–Crippen MR) is 108 cm³/mol. The van der Waals surface area contributed by atoms with E-state index >= 15 is 0 Å². The summed E-state index contributed by atoms with van der Waals surface area (Å²) in [5, 5.41) is 29.1. The molecule has 0 saturated heterocycles. The SMILES string of the molecule is N#Cc1cccc(B(O)c2cccc(F)c2)c1.Oc1cccc2cccnc12. The van der Waals surface area contributed by atoms with E-state index in [1.165, 1.54) is 12.1 Å². The van der Waals surface area contributed by atoms with Crippen molar-refractivity contribution >= 4 is 28.7 Å². The fraction of sp³-hybridized carbons (Fsp3) is 0. The predicted octanol–water partition coefficient (Wildman–Crippen LogP) is 2.74. The van der Waals surface area contributed by atoms with Gasteiger partial charge in [-0.25, -0.2) is 4.39 Å². The van der Waals surface area contributed by atoms with Crippen LogP contribution in [0.4, 0.5) is 4.39 Å². The van der Waals surface area contributed by atoms with E-state index < -0.39 is 12.7 Å². The number of pyridine rings is 1. The Labute approximate surface area is 162 Å². The van der Waals surface area contributed by atoms with Gasteiger partial charge in [0.2, 0.25) is 0 Å². The van der Waals surface area contributed by atoms with Crippen LogP contribution in [0.1, 0.15) is 5.56 Å². The Morgan fingerprint density at radius 1 is 0.893 bits per heavy atom. The van der Waals surface area contributed by atoms with Crippen molar-refractivity contribution < 1.29 is 14.5 Å². The standard InChI is InChI=1S/C13H9BFNO.C9H7NO/c15-13-6-2-5-12(8-13)14(17)11-4-1-3-10(7-11)9-16;11-8-5-1-3-7-4-2-6-10-9(7)8/h1-8,17H;1-6,11H. The Morgan fingerprint density at radius 2 is 1.57 bits per heavy atom. The van der Waals surface area contributed by atoms with Gasteiger partial charge in [0.1, 0.15) is 17.1 Å². The van der Waals surface area contributed by atoms with Crippen molar-refractivity contribution in [2.24, 2.45) is 0 Å². The fourth-order valence-corrected chi connectivity index (χ4v) is 2.74. The largest absolute Gasteiger partial charge is 0.506 e. The molecule has 1 aromatic heterocycles. The van der Waals surface area contributed by atoms with Gasteiger partial charge < -0.3 is 10.1 Å². The van der Waals surface area contributed by atoms with Gasteiger partial charge in [-0.1, -0.05) is 42.5 Å². The van der Waals surface area contributed by atoms with Crippen LogP contribution in [0.2, 0.25) is 0 Å². The first-order chi connectivity index (χ1) is 13.6. The van der Waals surface area contributed by atoms with Crippen LogP contribution >= 0.6 is 0 Å². The van der Waals surface area contributed by atoms with Crippen LogP contribution in [0.3, 0.4) is 0 Å². The van der Waals surface area contributed by atoms with E-state index in [1.807, 2.05) is 24.3 Å². The Balaban J connectivity index is 0.000000176. The number of hydrogen-bond donors (Lipinski definition) is 2. The lowest BCUT2D eigenvalue weighted by Crippen LogP contribution is -2.42. The lowest BCUT2D eigenvalue weighted by Gasteiger charge is -2.07. The molecule has 0 atom stereocenters. The number of nitrogens with zero attached hydrogens (tertiary/aromatic N) is 2. The highest BCUT2D eigenvalue weighted by Gasteiger charge is 2.17. The third kappa shape index (κ3) is 4.53. The van der Waals surface area contributed by atoms with E-state index in [0.29, 0.717) is 22.0 Å². The number of aromatic nitrogens is 1. The van der Waals surface area contributed by atoms with Crippen molar-refractivity contribution in [3.8, 4) is 11.8 Å². The lowest BCUT2D eigenvalue weighted by molar-refractivity contribution is 0.480. The number of para-hydroxylation sites is 1. The summed E-state index contributed by atoms with van der Waals surface area (Å²) in [7, 11) is 0. The van der Waals surface area contributed by atoms with Crippen LogP contribution < -0.4 is 10.9 Å². The maximum Gasteiger partial charge on any atom is 0.359 e. The van der Waals surface area contributed by atoms with E-state index in [9.17, 15) is 14.5 Å². The second-order valence-electron chi connectivity index (χ2n) is 6.05. The van der Waals surface area contributed by atoms with E-state index in [4.69, 9.17) is 5.26 Å². The highest BCUT2D eigenvalue weighted by atomic mass is 19.1. The summed E-state index contributed by atoms with van der Waals surface area (Å²) in [5.74, 6) is -0.152. The van der Waals surface area contributed by atoms with Gasteiger partial charge in [-0.2, -0.15) is 5.26 Å². The number of aromatic hydroxyl groups is 1. The summed E-state index contributed by atoms with van der Waals surface area (Å²) in [6.45, 7) is -0.918. The molecule has 3 aromatic carbocycles. The molecule has 0 fully saturated rings. The number of benzene rings is 3. The topological polar surface area (TPSA) is 77.1 Å². The van der Waals surface area contributed by atoms with Crippen molar-refractivity contribution in [3.05, 3.63) is 96.4 Å². The van der Waals surface area contributed by atoms with Crippen LogP contribution in [0.25, 0.3) is 10.9 Å². The van der Waals surface area contributed by atoms with E-state index in [-0.39, 0.29) is 5.75 Å². The number of rotatable bonds is 2. The Hall–Kier alpha value is -3.69. The molecule has 1 heterocycles. The molecular formula is C22H16BFN2O2. The molecule has 0 saturated carbocycles. The average molecular weight is 370 g/mol. The number of halogens is 1. The second kappa shape index (κ2) is 8.80. The van der Waals surface area contributed by atoms with Crippen molar-refractivity contribution in [3.63, 3.8) is 0 Å². The molecule has 4 aromatic rings. The first-order valence-corrected chi connectivity index (χ1v) is 8.55. The second-order valence-corrected chi connectivity index (χ2v) is 6.05. The molecule has 0 amide bonds. The van der Waals surface area contributed by atoms with Gasteiger partial charge >= 0.3 is 6.92 Å². The maximum atomic E-state index is 13.0. The number of phenols is 1. The third-order valence-electron chi connectivity index (χ3n) is 4.11. The summed E-state index contributed by atoms with van der Waals surface area (Å²) in [4.78, 5) is 4.03. The summed E-state index contributed by atoms with van der Waals surface area (Å²) in [5.41, 5.74) is 2.18. The number of hydrogen-bond acceptors (Lipinski definition) is 4. The molecule has 0 unspecified atom stereocenters. The summed E-state index contributed by atoms with van der Waals surface area (Å²) in [6.07, 6.45) is 1.67. The van der Waals surface area contributed by atoms with Crippen molar-refractivity contribution in [2.75, 3.05) is 0 Å². The zero-order valence-corrected chi connectivity index (χ0v) is 14.8. The first kappa shape index (κ1) is 19.1. The Kier molecular flexibility index (Phi) is 6.00. The van der Waals surface area contributed by atoms with Gasteiger partial charge in [0.05, 0.1) is 11.6 Å². The fourth-order valence-electron chi connectivity index (χ4n) is 2.74. The molecule has 0 aliphatic carbocycles. The number of phenolic OH excluding ortho intramolecular Hbond substituents is 1. The molecule has 0 aliphatic heterocycles. The highest BCUT2D eigenvalue weighted by Crippen LogP contribution is 2.20. The summed E-state index contributed by atoms with van der Waals surface area (Å²) >= 11 is 0. The Morgan fingerprint density at radius 3 is 2.29 bits per heavy atom. The monoisotopic (exact) mass is 370 g/mol. The normalized spacial score (nSPS) is 9.89. The van der Waals surface area contributed by atoms with Crippen molar-refractivity contribution in [1.82, 2.24) is 4.98 Å². The molecule has 0 radical (unpaired) electrons. The van der Waals surface area contributed by atoms with Crippen LogP contribution in [0.15, 0.2) is 85.1 Å². The quantitative estimate of drug-likeness (QED) is 0.532. The Bertz CT molecular complexity index is 1140. The van der Waals surface area contributed by atoms with Crippen molar-refractivity contribution in [2.45, 2.75) is 0 Å². The van der Waals surface area contributed by atoms with Gasteiger partial charge in [-0.05, 0) is 47.3 Å². The van der Waals surface area contributed by atoms with E-state index in [1.54, 1.807) is 54.7 Å². The molecule has 28 heavy (non-hydrogen) atoms. The molecule has 0 bridgehead atoms. The van der Waals surface area contributed by atoms with Gasteiger partial charge in [0, 0.05) is 11.6 Å². The molecule has 6 heteroatoms. The number of fused-ring (bicyclic) bond motifs is 1. The zero-order chi connectivity index (χ0) is 19.9. The minimum atomic E-state index is -0.918. The van der Waals surface area contributed by atoms with Gasteiger partial charge in [0.15, 0.2) is 0 Å². The minimum Gasteiger partial charge on any atom is -0.506 e. The van der Waals surface area contributed by atoms with Crippen molar-refractivity contribution in [1.29, 1.82) is 5.26 Å². The minimum absolute atomic E-state index is 0.239. The molecule has 2 N–H and O–H groups in total. The smallest absolute Gasteiger partial charge is 0.359 e. The van der Waals surface area contributed by atoms with Crippen LogP contribution in [0.5, 0.6) is 5.75 Å². The van der Waals surface area contributed by atoms with E-state index in [0.717, 1.165) is 5.39 Å². The maximum absolute atomic E-state index is 13.0. The van der Waals surface area contributed by atoms with Crippen LogP contribution in [-0.2, 0) is 0 Å². The van der Waals surface area contributed by atoms with Crippen LogP contribution in [0, 0.1) is 17.1 Å². The van der Waals surface area contributed by atoms with Crippen LogP contribution in [-0.4, -0.2) is 22.0 Å². The molecule has 4 rings (SSSR count).